The van der Waals surface area contributed by atoms with Gasteiger partial charge in [0.2, 0.25) is 5.91 Å². The van der Waals surface area contributed by atoms with Gasteiger partial charge in [-0.2, -0.15) is 0 Å². The fourth-order valence-electron chi connectivity index (χ4n) is 4.14. The van der Waals surface area contributed by atoms with Gasteiger partial charge >= 0.3 is 0 Å². The topological polar surface area (TPSA) is 86.7 Å². The quantitative estimate of drug-likeness (QED) is 0.740. The number of hydrazine groups is 1. The number of piperidine rings is 1. The minimum Gasteiger partial charge on any atom is -0.497 e. The first-order chi connectivity index (χ1) is 13.6. The van der Waals surface area contributed by atoms with E-state index in [0.717, 1.165) is 16.9 Å². The number of nitrogens with zero attached hydrogens (tertiary/aromatic N) is 2. The largest absolute Gasteiger partial charge is 0.497 e. The maximum absolute atomic E-state index is 13.2. The Bertz CT molecular complexity index is 821. The van der Waals surface area contributed by atoms with E-state index in [2.05, 4.69) is 15.8 Å². The molecule has 1 aromatic carbocycles. The zero-order valence-corrected chi connectivity index (χ0v) is 16.0. The Hall–Kier alpha value is -2.48. The van der Waals surface area contributed by atoms with Crippen LogP contribution < -0.4 is 15.6 Å². The number of hydrogen-bond acceptors (Lipinski definition) is 6. The first kappa shape index (κ1) is 18.9. The van der Waals surface area contributed by atoms with E-state index in [1.165, 1.54) is 0 Å². The monoisotopic (exact) mass is 382 g/mol. The Morgan fingerprint density at radius 3 is 2.82 bits per heavy atom. The average Bonchev–Trinajstić information content (AvgIpc) is 3.24. The van der Waals surface area contributed by atoms with Gasteiger partial charge in [-0.05, 0) is 36.6 Å². The number of ether oxygens (including phenoxy) is 1. The van der Waals surface area contributed by atoms with E-state index in [-0.39, 0.29) is 17.9 Å². The van der Waals surface area contributed by atoms with Crippen molar-refractivity contribution in [2.24, 2.45) is 5.92 Å². The number of hydrogen-bond donors (Lipinski definition) is 3. The highest BCUT2D eigenvalue weighted by Gasteiger charge is 2.41. The van der Waals surface area contributed by atoms with Gasteiger partial charge in [0.25, 0.3) is 0 Å². The first-order valence-electron chi connectivity index (χ1n) is 9.65. The lowest BCUT2D eigenvalue weighted by molar-refractivity contribution is -0.140. The molecule has 0 radical (unpaired) electrons. The molecular weight excluding hydrogens is 356 g/mol. The van der Waals surface area contributed by atoms with Crippen molar-refractivity contribution in [2.45, 2.75) is 24.5 Å². The standard InChI is InChI=1S/C21H26N4O3/c1-28-17-6-2-4-15(12-17)19-18(14-23-24-19)20(26)25-10-7-21(27,8-11-25)16-5-3-9-22-13-16/h2-6,9,12-13,18-19,23-24,27H,7-8,10-11,14H2,1H3. The van der Waals surface area contributed by atoms with Gasteiger partial charge < -0.3 is 14.7 Å². The molecule has 148 valence electrons. The van der Waals surface area contributed by atoms with E-state index in [1.54, 1.807) is 19.5 Å². The van der Waals surface area contributed by atoms with Crippen LogP contribution in [0.15, 0.2) is 48.8 Å². The summed E-state index contributed by atoms with van der Waals surface area (Å²) in [7, 11) is 1.64. The van der Waals surface area contributed by atoms with Crippen LogP contribution in [0, 0.1) is 5.92 Å². The van der Waals surface area contributed by atoms with Crippen molar-refractivity contribution in [2.75, 3.05) is 26.7 Å². The van der Waals surface area contributed by atoms with Crippen LogP contribution in [0.2, 0.25) is 0 Å². The number of carbonyl (C=O) groups is 1. The Kier molecular flexibility index (Phi) is 5.30. The van der Waals surface area contributed by atoms with E-state index in [9.17, 15) is 9.90 Å². The third-order valence-electron chi connectivity index (χ3n) is 5.85. The van der Waals surface area contributed by atoms with E-state index < -0.39 is 5.60 Å². The Morgan fingerprint density at radius 2 is 2.11 bits per heavy atom. The number of nitrogens with one attached hydrogen (secondary N) is 2. The molecule has 0 aliphatic carbocycles. The summed E-state index contributed by atoms with van der Waals surface area (Å²) in [6.45, 7) is 1.64. The predicted molar refractivity (Wildman–Crippen MR) is 104 cm³/mol. The van der Waals surface area contributed by atoms with Crippen LogP contribution >= 0.6 is 0 Å². The van der Waals surface area contributed by atoms with Crippen LogP contribution in [0.5, 0.6) is 5.75 Å². The van der Waals surface area contributed by atoms with Crippen molar-refractivity contribution < 1.29 is 14.6 Å². The molecule has 28 heavy (non-hydrogen) atoms. The van der Waals surface area contributed by atoms with Crippen LogP contribution in [0.3, 0.4) is 0 Å². The second kappa shape index (κ2) is 7.87. The van der Waals surface area contributed by atoms with Gasteiger partial charge in [-0.25, -0.2) is 5.43 Å². The summed E-state index contributed by atoms with van der Waals surface area (Å²) in [4.78, 5) is 19.2. The number of pyridine rings is 1. The van der Waals surface area contributed by atoms with Crippen LogP contribution in [-0.4, -0.2) is 47.6 Å². The number of aromatic nitrogens is 1. The third-order valence-corrected chi connectivity index (χ3v) is 5.85. The Labute approximate surface area is 164 Å². The lowest BCUT2D eigenvalue weighted by atomic mass is 9.84. The van der Waals surface area contributed by atoms with Gasteiger partial charge in [0.1, 0.15) is 5.75 Å². The van der Waals surface area contributed by atoms with E-state index in [4.69, 9.17) is 4.74 Å². The highest BCUT2D eigenvalue weighted by Crippen LogP contribution is 2.34. The molecule has 0 bridgehead atoms. The smallest absolute Gasteiger partial charge is 0.229 e. The average molecular weight is 382 g/mol. The third kappa shape index (κ3) is 3.61. The summed E-state index contributed by atoms with van der Waals surface area (Å²) in [5, 5.41) is 11.0. The molecule has 2 atom stereocenters. The molecule has 0 spiro atoms. The number of carbonyl (C=O) groups excluding carboxylic acids is 1. The zero-order valence-electron chi connectivity index (χ0n) is 16.0. The molecule has 1 aromatic heterocycles. The van der Waals surface area contributed by atoms with Gasteiger partial charge in [0, 0.05) is 37.6 Å². The van der Waals surface area contributed by atoms with Crippen molar-refractivity contribution in [1.82, 2.24) is 20.7 Å². The van der Waals surface area contributed by atoms with Crippen molar-refractivity contribution in [3.63, 3.8) is 0 Å². The zero-order chi connectivity index (χ0) is 19.6. The molecule has 2 aliphatic rings. The van der Waals surface area contributed by atoms with Crippen LogP contribution in [-0.2, 0) is 10.4 Å². The van der Waals surface area contributed by atoms with Crippen molar-refractivity contribution in [3.05, 3.63) is 59.9 Å². The fraction of sp³-hybridized carbons (Fsp3) is 0.429. The number of benzene rings is 1. The molecule has 2 fully saturated rings. The molecular formula is C21H26N4O3. The normalized spacial score (nSPS) is 24.1. The molecule has 2 unspecified atom stereocenters. The fourth-order valence-corrected chi connectivity index (χ4v) is 4.14. The van der Waals surface area contributed by atoms with E-state index >= 15 is 0 Å². The number of amides is 1. The van der Waals surface area contributed by atoms with Crippen molar-refractivity contribution >= 4 is 5.91 Å². The summed E-state index contributed by atoms with van der Waals surface area (Å²) >= 11 is 0. The molecule has 2 aromatic rings. The molecule has 2 aliphatic heterocycles. The van der Waals surface area contributed by atoms with Crippen LogP contribution in [0.4, 0.5) is 0 Å². The SMILES string of the molecule is COc1cccc(C2NNCC2C(=O)N2CCC(O)(c3cccnc3)CC2)c1. The van der Waals surface area contributed by atoms with Crippen LogP contribution in [0.25, 0.3) is 0 Å². The second-order valence-electron chi connectivity index (χ2n) is 7.48. The predicted octanol–water partition coefficient (Wildman–Crippen LogP) is 1.37. The highest BCUT2D eigenvalue weighted by atomic mass is 16.5. The summed E-state index contributed by atoms with van der Waals surface area (Å²) in [5.41, 5.74) is 7.28. The lowest BCUT2D eigenvalue weighted by Gasteiger charge is -2.39. The van der Waals surface area contributed by atoms with Gasteiger partial charge in [-0.3, -0.25) is 15.2 Å². The Morgan fingerprint density at radius 1 is 1.29 bits per heavy atom. The van der Waals surface area contributed by atoms with Crippen molar-refractivity contribution in [1.29, 1.82) is 0 Å². The highest BCUT2D eigenvalue weighted by molar-refractivity contribution is 5.80. The number of aliphatic hydroxyl groups is 1. The maximum Gasteiger partial charge on any atom is 0.229 e. The van der Waals surface area contributed by atoms with Gasteiger partial charge in [-0.15, -0.1) is 0 Å². The molecule has 4 rings (SSSR count). The molecule has 7 heteroatoms. The number of rotatable bonds is 4. The number of methoxy groups -OCH3 is 1. The molecule has 3 heterocycles. The van der Waals surface area contributed by atoms with Gasteiger partial charge in [0.05, 0.1) is 24.7 Å². The summed E-state index contributed by atoms with van der Waals surface area (Å²) < 4.78 is 5.31. The Balaban J connectivity index is 1.44. The van der Waals surface area contributed by atoms with E-state index in [0.29, 0.717) is 32.5 Å². The molecule has 7 nitrogen and oxygen atoms in total. The van der Waals surface area contributed by atoms with Gasteiger partial charge in [-0.1, -0.05) is 18.2 Å². The summed E-state index contributed by atoms with van der Waals surface area (Å²) in [6.07, 6.45) is 4.44. The van der Waals surface area contributed by atoms with E-state index in [1.807, 2.05) is 41.3 Å². The summed E-state index contributed by atoms with van der Waals surface area (Å²) in [5.74, 6) is 0.687. The molecule has 1 amide bonds. The van der Waals surface area contributed by atoms with Gasteiger partial charge in [0.15, 0.2) is 0 Å². The van der Waals surface area contributed by atoms with Crippen molar-refractivity contribution in [3.8, 4) is 5.75 Å². The first-order valence-corrected chi connectivity index (χ1v) is 9.65. The second-order valence-corrected chi connectivity index (χ2v) is 7.48. The minimum absolute atomic E-state index is 0.110. The van der Waals surface area contributed by atoms with Crippen LogP contribution in [0.1, 0.15) is 30.0 Å². The number of likely N-dealkylation sites (tertiary alicyclic amines) is 1. The molecule has 2 saturated heterocycles. The maximum atomic E-state index is 13.2. The molecule has 0 saturated carbocycles. The minimum atomic E-state index is -0.913. The lowest BCUT2D eigenvalue weighted by Crippen LogP contribution is -2.48. The molecule has 3 N–H and O–H groups in total. The summed E-state index contributed by atoms with van der Waals surface area (Å²) in [6, 6.07) is 11.4.